The van der Waals surface area contributed by atoms with Gasteiger partial charge in [-0.3, -0.25) is 4.79 Å². The van der Waals surface area contributed by atoms with Crippen LogP contribution in [-0.2, 0) is 0 Å². The Kier molecular flexibility index (Phi) is 5.50. The number of aromatic nitrogens is 1. The Morgan fingerprint density at radius 2 is 1.90 bits per heavy atom. The lowest BCUT2D eigenvalue weighted by Gasteiger charge is -2.09. The molecule has 0 atom stereocenters. The van der Waals surface area contributed by atoms with Gasteiger partial charge >= 0.3 is 0 Å². The van der Waals surface area contributed by atoms with Gasteiger partial charge in [-0.2, -0.15) is 0 Å². The van der Waals surface area contributed by atoms with Gasteiger partial charge in [-0.05, 0) is 43.3 Å². The van der Waals surface area contributed by atoms with Crippen LogP contribution in [0.4, 0.5) is 11.5 Å². The molecule has 0 aliphatic carbocycles. The number of pyridine rings is 1. The summed E-state index contributed by atoms with van der Waals surface area (Å²) in [6.07, 6.45) is 0. The maximum Gasteiger partial charge on any atom is 0.262 e. The molecule has 2 aromatic heterocycles. The summed E-state index contributed by atoms with van der Waals surface area (Å²) in [5, 5.41) is 3.95. The van der Waals surface area contributed by atoms with Crippen LogP contribution in [-0.4, -0.2) is 18.0 Å². The van der Waals surface area contributed by atoms with Gasteiger partial charge in [0, 0.05) is 11.1 Å². The highest BCUT2D eigenvalue weighted by Gasteiger charge is 2.16. The summed E-state index contributed by atoms with van der Waals surface area (Å²) < 4.78 is 11.4. The molecule has 0 aliphatic rings. The minimum Gasteiger partial charge on any atom is -0.493 e. The van der Waals surface area contributed by atoms with Gasteiger partial charge in [0.2, 0.25) is 5.55 Å². The number of methoxy groups -OCH3 is 1. The lowest BCUT2D eigenvalue weighted by atomic mass is 10.1. The molecule has 0 unspecified atom stereocenters. The van der Waals surface area contributed by atoms with Crippen molar-refractivity contribution in [1.29, 1.82) is 0 Å². The summed E-state index contributed by atoms with van der Waals surface area (Å²) in [7, 11) is 1.55. The van der Waals surface area contributed by atoms with E-state index in [-0.39, 0.29) is 11.1 Å². The fourth-order valence-electron chi connectivity index (χ4n) is 2.98. The number of benzene rings is 2. The Balaban J connectivity index is 1.90. The number of aryl methyl sites for hydroxylation is 1. The number of nitrogens with zero attached hydrogens (tertiary/aromatic N) is 2. The lowest BCUT2D eigenvalue weighted by molar-refractivity contribution is 0.102. The second-order valence-corrected chi connectivity index (χ2v) is 6.93. The third-order valence-corrected chi connectivity index (χ3v) is 4.73. The molecule has 1 amide bonds. The van der Waals surface area contributed by atoms with Crippen molar-refractivity contribution in [2.75, 3.05) is 12.4 Å². The Labute approximate surface area is 177 Å². The zero-order valence-corrected chi connectivity index (χ0v) is 17.1. The molecule has 0 saturated heterocycles. The number of anilines is 1. The van der Waals surface area contributed by atoms with Crippen LogP contribution in [0.1, 0.15) is 16.1 Å². The van der Waals surface area contributed by atoms with Crippen molar-refractivity contribution < 1.29 is 13.9 Å². The van der Waals surface area contributed by atoms with E-state index in [1.807, 2.05) is 37.3 Å². The Bertz CT molecular complexity index is 1310. The smallest absolute Gasteiger partial charge is 0.262 e. The SMILES string of the molecule is COc1cccc2cc(C(=O)Nc3cccc(C)n3)c(=Nc3ccccc3Cl)oc12. The van der Waals surface area contributed by atoms with Crippen LogP contribution in [0.25, 0.3) is 11.0 Å². The lowest BCUT2D eigenvalue weighted by Crippen LogP contribution is -2.22. The van der Waals surface area contributed by atoms with Crippen molar-refractivity contribution in [1.82, 2.24) is 4.98 Å². The van der Waals surface area contributed by atoms with Gasteiger partial charge < -0.3 is 14.5 Å². The van der Waals surface area contributed by atoms with Crippen LogP contribution in [0, 0.1) is 6.92 Å². The number of halogens is 1. The molecule has 0 bridgehead atoms. The molecule has 0 saturated carbocycles. The van der Waals surface area contributed by atoms with Gasteiger partial charge in [0.05, 0.1) is 17.8 Å². The van der Waals surface area contributed by atoms with Crippen molar-refractivity contribution >= 4 is 40.0 Å². The number of carbonyl (C=O) groups is 1. The molecule has 4 aromatic rings. The molecule has 0 radical (unpaired) electrons. The van der Waals surface area contributed by atoms with Crippen molar-refractivity contribution in [3.8, 4) is 5.75 Å². The van der Waals surface area contributed by atoms with Crippen LogP contribution in [0.3, 0.4) is 0 Å². The van der Waals surface area contributed by atoms with Crippen molar-refractivity contribution in [3.63, 3.8) is 0 Å². The van der Waals surface area contributed by atoms with E-state index >= 15 is 0 Å². The molecule has 150 valence electrons. The van der Waals surface area contributed by atoms with E-state index in [1.165, 1.54) is 0 Å². The van der Waals surface area contributed by atoms with E-state index in [4.69, 9.17) is 20.8 Å². The zero-order valence-electron chi connectivity index (χ0n) is 16.3. The fraction of sp³-hybridized carbons (Fsp3) is 0.0870. The second-order valence-electron chi connectivity index (χ2n) is 6.53. The van der Waals surface area contributed by atoms with Crippen molar-refractivity contribution in [3.05, 3.63) is 88.6 Å². The first-order valence-electron chi connectivity index (χ1n) is 9.20. The van der Waals surface area contributed by atoms with Crippen LogP contribution in [0.5, 0.6) is 5.75 Å². The number of nitrogens with one attached hydrogen (secondary N) is 1. The van der Waals surface area contributed by atoms with E-state index in [2.05, 4.69) is 15.3 Å². The zero-order chi connectivity index (χ0) is 21.1. The molecule has 7 heteroatoms. The first-order valence-corrected chi connectivity index (χ1v) is 9.58. The normalized spacial score (nSPS) is 11.5. The summed E-state index contributed by atoms with van der Waals surface area (Å²) in [6, 6.07) is 19.6. The van der Waals surface area contributed by atoms with Crippen LogP contribution in [0.2, 0.25) is 5.02 Å². The van der Waals surface area contributed by atoms with E-state index < -0.39 is 5.91 Å². The van der Waals surface area contributed by atoms with Gasteiger partial charge in [-0.25, -0.2) is 9.98 Å². The van der Waals surface area contributed by atoms with Crippen molar-refractivity contribution in [2.24, 2.45) is 4.99 Å². The number of carbonyl (C=O) groups excluding carboxylic acids is 1. The standard InChI is InChI=1S/C23H18ClN3O3/c1-14-7-5-12-20(25-14)27-22(28)16-13-15-8-6-11-19(29-2)21(15)30-23(16)26-18-10-4-3-9-17(18)24/h3-13H,1-2H3,(H,25,27,28). The summed E-state index contributed by atoms with van der Waals surface area (Å²) in [5.74, 6) is 0.581. The highest BCUT2D eigenvalue weighted by Crippen LogP contribution is 2.26. The number of hydrogen-bond donors (Lipinski definition) is 1. The molecule has 2 aromatic carbocycles. The molecule has 2 heterocycles. The average Bonchev–Trinajstić information content (AvgIpc) is 2.74. The number of amides is 1. The number of rotatable bonds is 4. The van der Waals surface area contributed by atoms with Gasteiger partial charge in [0.1, 0.15) is 11.4 Å². The van der Waals surface area contributed by atoms with Gasteiger partial charge in [0.25, 0.3) is 5.91 Å². The Hall–Kier alpha value is -3.64. The molecule has 0 spiro atoms. The maximum absolute atomic E-state index is 13.1. The van der Waals surface area contributed by atoms with E-state index in [0.717, 1.165) is 5.69 Å². The molecule has 0 fully saturated rings. The number of hydrogen-bond acceptors (Lipinski definition) is 5. The summed E-state index contributed by atoms with van der Waals surface area (Å²) in [4.78, 5) is 21.9. The topological polar surface area (TPSA) is 76.7 Å². The first-order chi connectivity index (χ1) is 14.5. The van der Waals surface area contributed by atoms with E-state index in [1.54, 1.807) is 43.5 Å². The minimum absolute atomic E-state index is 0.116. The van der Waals surface area contributed by atoms with Crippen LogP contribution >= 0.6 is 11.6 Å². The number of ether oxygens (including phenoxy) is 1. The predicted molar refractivity (Wildman–Crippen MR) is 116 cm³/mol. The van der Waals surface area contributed by atoms with Gasteiger partial charge in [-0.15, -0.1) is 0 Å². The Morgan fingerprint density at radius 3 is 2.67 bits per heavy atom. The van der Waals surface area contributed by atoms with Crippen molar-refractivity contribution in [2.45, 2.75) is 6.92 Å². The van der Waals surface area contributed by atoms with E-state index in [9.17, 15) is 4.79 Å². The van der Waals surface area contributed by atoms with Crippen LogP contribution < -0.4 is 15.6 Å². The molecule has 4 rings (SSSR count). The molecular formula is C23H18ClN3O3. The maximum atomic E-state index is 13.1. The summed E-state index contributed by atoms with van der Waals surface area (Å²) in [6.45, 7) is 1.85. The highest BCUT2D eigenvalue weighted by molar-refractivity contribution is 6.32. The largest absolute Gasteiger partial charge is 0.493 e. The van der Waals surface area contributed by atoms with E-state index in [0.29, 0.717) is 33.2 Å². The average molecular weight is 420 g/mol. The third kappa shape index (κ3) is 4.04. The molecule has 1 N–H and O–H groups in total. The fourth-order valence-corrected chi connectivity index (χ4v) is 3.16. The molecule has 30 heavy (non-hydrogen) atoms. The first kappa shape index (κ1) is 19.7. The number of para-hydroxylation sites is 2. The second kappa shape index (κ2) is 8.39. The third-order valence-electron chi connectivity index (χ3n) is 4.41. The van der Waals surface area contributed by atoms with Crippen LogP contribution in [0.15, 0.2) is 76.1 Å². The Morgan fingerprint density at radius 1 is 1.10 bits per heavy atom. The van der Waals surface area contributed by atoms with Gasteiger partial charge in [-0.1, -0.05) is 41.9 Å². The summed E-state index contributed by atoms with van der Waals surface area (Å²) >= 11 is 6.26. The predicted octanol–water partition coefficient (Wildman–Crippen LogP) is 5.28. The highest BCUT2D eigenvalue weighted by atomic mass is 35.5. The monoisotopic (exact) mass is 419 g/mol. The quantitative estimate of drug-likeness (QED) is 0.488. The summed E-state index contributed by atoms with van der Waals surface area (Å²) in [5.41, 5.74) is 2.13. The van der Waals surface area contributed by atoms with Gasteiger partial charge in [0.15, 0.2) is 11.3 Å². The molecule has 6 nitrogen and oxygen atoms in total. The molecule has 0 aliphatic heterocycles. The number of fused-ring (bicyclic) bond motifs is 1. The minimum atomic E-state index is -0.396. The molecular weight excluding hydrogens is 402 g/mol.